The number of urea groups is 1. The van der Waals surface area contributed by atoms with Crippen LogP contribution in [0.4, 0.5) is 23.7 Å². The second kappa shape index (κ2) is 7.74. The predicted molar refractivity (Wildman–Crippen MR) is 91.5 cm³/mol. The predicted octanol–water partition coefficient (Wildman–Crippen LogP) is 3.45. The van der Waals surface area contributed by atoms with Gasteiger partial charge in [-0.25, -0.2) is 4.79 Å². The summed E-state index contributed by atoms with van der Waals surface area (Å²) in [5.74, 6) is 0. The number of benzene rings is 1. The lowest BCUT2D eigenvalue weighted by molar-refractivity contribution is -0.137. The topological polar surface area (TPSA) is 48.5 Å². The van der Waals surface area contributed by atoms with E-state index in [1.54, 1.807) is 17.3 Å². The lowest BCUT2D eigenvalue weighted by atomic mass is 10.2. The number of rotatable bonds is 3. The summed E-state index contributed by atoms with van der Waals surface area (Å²) < 4.78 is 38.2. The molecule has 1 fully saturated rings. The van der Waals surface area contributed by atoms with Gasteiger partial charge in [-0.1, -0.05) is 6.07 Å². The summed E-state index contributed by atoms with van der Waals surface area (Å²) in [6.07, 6.45) is -0.943. The minimum atomic E-state index is -4.43. The smallest absolute Gasteiger partial charge is 0.322 e. The lowest BCUT2D eigenvalue weighted by Crippen LogP contribution is -2.49. The third-order valence-electron chi connectivity index (χ3n) is 4.26. The zero-order valence-electron chi connectivity index (χ0n) is 14.0. The maximum Gasteiger partial charge on any atom is 0.416 e. The van der Waals surface area contributed by atoms with Crippen molar-refractivity contribution in [2.24, 2.45) is 0 Å². The highest BCUT2D eigenvalue weighted by atomic mass is 19.4. The molecule has 0 unspecified atom stereocenters. The SMILES string of the molecule is O=C(Nc1cccc(C(F)(F)F)c1)N1CCN(Cc2ccncc2)CC1. The molecule has 0 spiro atoms. The monoisotopic (exact) mass is 364 g/mol. The van der Waals surface area contributed by atoms with Gasteiger partial charge in [-0.15, -0.1) is 0 Å². The number of aromatic nitrogens is 1. The molecule has 1 aliphatic rings. The summed E-state index contributed by atoms with van der Waals surface area (Å²) in [5.41, 5.74) is 0.517. The molecule has 0 saturated carbocycles. The van der Waals surface area contributed by atoms with Crippen molar-refractivity contribution >= 4 is 11.7 Å². The number of carbonyl (C=O) groups excluding carboxylic acids is 1. The molecule has 2 heterocycles. The van der Waals surface area contributed by atoms with Gasteiger partial charge >= 0.3 is 12.2 Å². The number of halogens is 3. The van der Waals surface area contributed by atoms with Gasteiger partial charge in [0.25, 0.3) is 0 Å². The van der Waals surface area contributed by atoms with Crippen LogP contribution in [-0.2, 0) is 12.7 Å². The molecule has 5 nitrogen and oxygen atoms in total. The van der Waals surface area contributed by atoms with Crippen LogP contribution in [0.2, 0.25) is 0 Å². The maximum atomic E-state index is 12.7. The van der Waals surface area contributed by atoms with Gasteiger partial charge < -0.3 is 10.2 Å². The fraction of sp³-hybridized carbons (Fsp3) is 0.333. The van der Waals surface area contributed by atoms with Crippen LogP contribution >= 0.6 is 0 Å². The summed E-state index contributed by atoms with van der Waals surface area (Å²) in [4.78, 5) is 20.1. The van der Waals surface area contributed by atoms with Crippen molar-refractivity contribution < 1.29 is 18.0 Å². The molecule has 0 bridgehead atoms. The maximum absolute atomic E-state index is 12.7. The van der Waals surface area contributed by atoms with Crippen molar-refractivity contribution in [3.05, 3.63) is 59.9 Å². The number of pyridine rings is 1. The number of nitrogens with one attached hydrogen (secondary N) is 1. The van der Waals surface area contributed by atoms with Crippen LogP contribution in [0.1, 0.15) is 11.1 Å². The van der Waals surface area contributed by atoms with E-state index in [4.69, 9.17) is 0 Å². The Bertz CT molecular complexity index is 744. The molecule has 1 aromatic carbocycles. The molecule has 0 radical (unpaired) electrons. The van der Waals surface area contributed by atoms with Crippen LogP contribution in [0.25, 0.3) is 0 Å². The number of alkyl halides is 3. The van der Waals surface area contributed by atoms with E-state index in [9.17, 15) is 18.0 Å². The van der Waals surface area contributed by atoms with Gasteiger partial charge in [0.05, 0.1) is 5.56 Å². The number of piperazine rings is 1. The Kier molecular flexibility index (Phi) is 5.41. The third-order valence-corrected chi connectivity index (χ3v) is 4.26. The number of anilines is 1. The molecular formula is C18H19F3N4O. The Morgan fingerprint density at radius 1 is 1.08 bits per heavy atom. The number of amides is 2. The van der Waals surface area contributed by atoms with E-state index in [-0.39, 0.29) is 11.7 Å². The van der Waals surface area contributed by atoms with Gasteiger partial charge in [0, 0.05) is 50.8 Å². The Morgan fingerprint density at radius 3 is 2.42 bits per heavy atom. The Hall–Kier alpha value is -2.61. The molecule has 1 saturated heterocycles. The van der Waals surface area contributed by atoms with Gasteiger partial charge in [-0.2, -0.15) is 13.2 Å². The quantitative estimate of drug-likeness (QED) is 0.908. The van der Waals surface area contributed by atoms with Crippen molar-refractivity contribution in [3.63, 3.8) is 0 Å². The van der Waals surface area contributed by atoms with E-state index in [2.05, 4.69) is 15.2 Å². The molecule has 138 valence electrons. The number of nitrogens with zero attached hydrogens (tertiary/aromatic N) is 3. The summed E-state index contributed by atoms with van der Waals surface area (Å²) in [6, 6.07) is 8.18. The fourth-order valence-electron chi connectivity index (χ4n) is 2.83. The van der Waals surface area contributed by atoms with E-state index >= 15 is 0 Å². The van der Waals surface area contributed by atoms with Crippen molar-refractivity contribution in [1.82, 2.24) is 14.8 Å². The van der Waals surface area contributed by atoms with E-state index in [1.165, 1.54) is 12.1 Å². The van der Waals surface area contributed by atoms with Crippen molar-refractivity contribution in [2.75, 3.05) is 31.5 Å². The van der Waals surface area contributed by atoms with Crippen molar-refractivity contribution in [3.8, 4) is 0 Å². The second-order valence-corrected chi connectivity index (χ2v) is 6.13. The number of hydrogen-bond donors (Lipinski definition) is 1. The molecule has 0 atom stereocenters. The molecule has 26 heavy (non-hydrogen) atoms. The molecule has 2 amide bonds. The van der Waals surface area contributed by atoms with E-state index in [0.717, 1.165) is 24.2 Å². The van der Waals surface area contributed by atoms with Crippen molar-refractivity contribution in [2.45, 2.75) is 12.7 Å². The van der Waals surface area contributed by atoms with Crippen LogP contribution in [-0.4, -0.2) is 47.0 Å². The largest absolute Gasteiger partial charge is 0.416 e. The van der Waals surface area contributed by atoms with Crippen LogP contribution < -0.4 is 5.32 Å². The van der Waals surface area contributed by atoms with Crippen LogP contribution in [0.15, 0.2) is 48.8 Å². The summed E-state index contributed by atoms with van der Waals surface area (Å²) in [7, 11) is 0. The normalized spacial score (nSPS) is 15.7. The van der Waals surface area contributed by atoms with Gasteiger partial charge in [-0.3, -0.25) is 9.88 Å². The van der Waals surface area contributed by atoms with Gasteiger partial charge in [0.2, 0.25) is 0 Å². The highest BCUT2D eigenvalue weighted by molar-refractivity contribution is 5.89. The highest BCUT2D eigenvalue weighted by Crippen LogP contribution is 2.30. The molecule has 1 N–H and O–H groups in total. The van der Waals surface area contributed by atoms with E-state index in [0.29, 0.717) is 26.2 Å². The first-order valence-corrected chi connectivity index (χ1v) is 8.26. The minimum Gasteiger partial charge on any atom is -0.322 e. The average molecular weight is 364 g/mol. The number of hydrogen-bond acceptors (Lipinski definition) is 3. The average Bonchev–Trinajstić information content (AvgIpc) is 2.63. The van der Waals surface area contributed by atoms with Gasteiger partial charge in [0.15, 0.2) is 0 Å². The lowest BCUT2D eigenvalue weighted by Gasteiger charge is -2.34. The summed E-state index contributed by atoms with van der Waals surface area (Å²) in [6.45, 7) is 3.24. The first-order valence-electron chi connectivity index (χ1n) is 8.26. The first-order chi connectivity index (χ1) is 12.4. The summed E-state index contributed by atoms with van der Waals surface area (Å²) >= 11 is 0. The van der Waals surface area contributed by atoms with E-state index in [1.807, 2.05) is 12.1 Å². The second-order valence-electron chi connectivity index (χ2n) is 6.13. The third kappa shape index (κ3) is 4.72. The Balaban J connectivity index is 1.52. The summed E-state index contributed by atoms with van der Waals surface area (Å²) in [5, 5.41) is 2.55. The molecule has 1 aliphatic heterocycles. The van der Waals surface area contributed by atoms with Crippen LogP contribution in [0.3, 0.4) is 0 Å². The fourth-order valence-corrected chi connectivity index (χ4v) is 2.83. The number of carbonyl (C=O) groups is 1. The molecule has 2 aromatic rings. The molecule has 1 aromatic heterocycles. The van der Waals surface area contributed by atoms with Crippen LogP contribution in [0.5, 0.6) is 0 Å². The standard InChI is InChI=1S/C18H19F3N4O/c19-18(20,21)15-2-1-3-16(12-15)23-17(26)25-10-8-24(9-11-25)13-14-4-6-22-7-5-14/h1-7,12H,8-11,13H2,(H,23,26). The zero-order valence-corrected chi connectivity index (χ0v) is 14.0. The van der Waals surface area contributed by atoms with Crippen molar-refractivity contribution in [1.29, 1.82) is 0 Å². The molecular weight excluding hydrogens is 345 g/mol. The van der Waals surface area contributed by atoms with Gasteiger partial charge in [-0.05, 0) is 35.9 Å². The zero-order chi connectivity index (χ0) is 18.6. The van der Waals surface area contributed by atoms with E-state index < -0.39 is 11.7 Å². The molecule has 3 rings (SSSR count). The molecule has 0 aliphatic carbocycles. The van der Waals surface area contributed by atoms with Gasteiger partial charge in [0.1, 0.15) is 0 Å². The minimum absolute atomic E-state index is 0.143. The highest BCUT2D eigenvalue weighted by Gasteiger charge is 2.30. The Morgan fingerprint density at radius 2 is 1.77 bits per heavy atom. The first kappa shape index (κ1) is 18.2. The van der Waals surface area contributed by atoms with Crippen LogP contribution in [0, 0.1) is 0 Å². The Labute approximate surface area is 149 Å². The molecule has 8 heteroatoms.